The van der Waals surface area contributed by atoms with Crippen molar-refractivity contribution in [3.05, 3.63) is 29.8 Å². The van der Waals surface area contributed by atoms with Crippen LogP contribution in [-0.4, -0.2) is 49.4 Å². The SMILES string of the molecule is O=C(N[C@H]1CCOc2ccccc21)C1CCN(C(=O)OCC(F)(F)F)CC1. The van der Waals surface area contributed by atoms with Gasteiger partial charge in [0.2, 0.25) is 5.91 Å². The topological polar surface area (TPSA) is 67.9 Å². The van der Waals surface area contributed by atoms with E-state index in [2.05, 4.69) is 10.1 Å². The van der Waals surface area contributed by atoms with E-state index in [4.69, 9.17) is 4.74 Å². The van der Waals surface area contributed by atoms with Gasteiger partial charge in [-0.25, -0.2) is 4.79 Å². The molecule has 2 aliphatic rings. The lowest BCUT2D eigenvalue weighted by Crippen LogP contribution is -2.44. The second-order valence-electron chi connectivity index (χ2n) is 6.67. The number of amides is 2. The van der Waals surface area contributed by atoms with Crippen LogP contribution in [0, 0.1) is 5.92 Å². The Balaban J connectivity index is 1.49. The minimum Gasteiger partial charge on any atom is -0.493 e. The number of carbonyl (C=O) groups excluding carboxylic acids is 2. The van der Waals surface area contributed by atoms with Crippen LogP contribution in [0.1, 0.15) is 30.9 Å². The van der Waals surface area contributed by atoms with E-state index in [1.807, 2.05) is 24.3 Å². The van der Waals surface area contributed by atoms with Crippen LogP contribution in [0.2, 0.25) is 0 Å². The quantitative estimate of drug-likeness (QED) is 0.867. The van der Waals surface area contributed by atoms with Crippen molar-refractivity contribution in [2.45, 2.75) is 31.5 Å². The van der Waals surface area contributed by atoms with Gasteiger partial charge in [0.25, 0.3) is 0 Å². The Morgan fingerprint density at radius 3 is 2.59 bits per heavy atom. The summed E-state index contributed by atoms with van der Waals surface area (Å²) in [6, 6.07) is 7.41. The van der Waals surface area contributed by atoms with Crippen molar-refractivity contribution in [3.8, 4) is 5.75 Å². The Labute approximate surface area is 154 Å². The van der Waals surface area contributed by atoms with Gasteiger partial charge in [-0.15, -0.1) is 0 Å². The predicted molar refractivity (Wildman–Crippen MR) is 89.1 cm³/mol. The monoisotopic (exact) mass is 386 g/mol. The number of para-hydroxylation sites is 1. The van der Waals surface area contributed by atoms with Gasteiger partial charge in [0.15, 0.2) is 6.61 Å². The Morgan fingerprint density at radius 1 is 1.19 bits per heavy atom. The first-order chi connectivity index (χ1) is 12.8. The Morgan fingerprint density at radius 2 is 1.89 bits per heavy atom. The van der Waals surface area contributed by atoms with E-state index >= 15 is 0 Å². The van der Waals surface area contributed by atoms with E-state index in [9.17, 15) is 22.8 Å². The van der Waals surface area contributed by atoms with Crippen molar-refractivity contribution in [3.63, 3.8) is 0 Å². The fourth-order valence-electron chi connectivity index (χ4n) is 3.34. The molecule has 2 aliphatic heterocycles. The van der Waals surface area contributed by atoms with Gasteiger partial charge < -0.3 is 19.7 Å². The first-order valence-corrected chi connectivity index (χ1v) is 8.84. The number of piperidine rings is 1. The first kappa shape index (κ1) is 19.3. The highest BCUT2D eigenvalue weighted by molar-refractivity contribution is 5.79. The Bertz CT molecular complexity index is 687. The molecule has 148 valence electrons. The third kappa shape index (κ3) is 5.05. The molecule has 1 fully saturated rings. The van der Waals surface area contributed by atoms with E-state index in [1.54, 1.807) is 0 Å². The summed E-state index contributed by atoms with van der Waals surface area (Å²) >= 11 is 0. The third-order valence-corrected chi connectivity index (χ3v) is 4.76. The van der Waals surface area contributed by atoms with Crippen LogP contribution < -0.4 is 10.1 Å². The summed E-state index contributed by atoms with van der Waals surface area (Å²) < 4.78 is 46.2. The summed E-state index contributed by atoms with van der Waals surface area (Å²) in [6.07, 6.45) is -4.10. The molecule has 0 bridgehead atoms. The van der Waals surface area contributed by atoms with Crippen molar-refractivity contribution >= 4 is 12.0 Å². The van der Waals surface area contributed by atoms with Crippen molar-refractivity contribution in [1.29, 1.82) is 0 Å². The van der Waals surface area contributed by atoms with Gasteiger partial charge >= 0.3 is 12.3 Å². The fraction of sp³-hybridized carbons (Fsp3) is 0.556. The zero-order chi connectivity index (χ0) is 19.4. The van der Waals surface area contributed by atoms with E-state index in [0.717, 1.165) is 11.3 Å². The number of hydrogen-bond donors (Lipinski definition) is 1. The zero-order valence-electron chi connectivity index (χ0n) is 14.6. The Hall–Kier alpha value is -2.45. The Kier molecular flexibility index (Phi) is 5.76. The molecule has 1 aromatic rings. The molecule has 0 spiro atoms. The van der Waals surface area contributed by atoms with Gasteiger partial charge in [-0.3, -0.25) is 4.79 Å². The number of benzene rings is 1. The number of carbonyl (C=O) groups is 2. The van der Waals surface area contributed by atoms with E-state index in [-0.39, 0.29) is 31.0 Å². The number of ether oxygens (including phenoxy) is 2. The molecule has 0 aromatic heterocycles. The number of alkyl halides is 3. The van der Waals surface area contributed by atoms with E-state index < -0.39 is 18.9 Å². The molecule has 2 amide bonds. The van der Waals surface area contributed by atoms with Gasteiger partial charge in [0, 0.05) is 31.0 Å². The number of likely N-dealkylation sites (tertiary alicyclic amines) is 1. The van der Waals surface area contributed by atoms with E-state index in [1.165, 1.54) is 4.90 Å². The molecule has 1 aromatic carbocycles. The van der Waals surface area contributed by atoms with Crippen LogP contribution in [0.4, 0.5) is 18.0 Å². The summed E-state index contributed by atoms with van der Waals surface area (Å²) in [6.45, 7) is -0.695. The summed E-state index contributed by atoms with van der Waals surface area (Å²) in [7, 11) is 0. The highest BCUT2D eigenvalue weighted by Crippen LogP contribution is 2.32. The van der Waals surface area contributed by atoms with Gasteiger partial charge in [0.05, 0.1) is 12.6 Å². The van der Waals surface area contributed by atoms with Crippen molar-refractivity contribution in [1.82, 2.24) is 10.2 Å². The van der Waals surface area contributed by atoms with Crippen molar-refractivity contribution in [2.75, 3.05) is 26.3 Å². The van der Waals surface area contributed by atoms with E-state index in [0.29, 0.717) is 25.9 Å². The fourth-order valence-corrected chi connectivity index (χ4v) is 3.34. The molecule has 2 heterocycles. The second-order valence-corrected chi connectivity index (χ2v) is 6.67. The molecule has 0 saturated carbocycles. The van der Waals surface area contributed by atoms with Crippen LogP contribution in [-0.2, 0) is 9.53 Å². The van der Waals surface area contributed by atoms with Crippen LogP contribution >= 0.6 is 0 Å². The number of halogens is 3. The molecule has 6 nitrogen and oxygen atoms in total. The first-order valence-electron chi connectivity index (χ1n) is 8.84. The molecular weight excluding hydrogens is 365 g/mol. The van der Waals surface area contributed by atoms with Crippen molar-refractivity contribution in [2.24, 2.45) is 5.92 Å². The summed E-state index contributed by atoms with van der Waals surface area (Å²) in [4.78, 5) is 25.4. The minimum absolute atomic E-state index is 0.111. The molecule has 1 N–H and O–H groups in total. The average molecular weight is 386 g/mol. The largest absolute Gasteiger partial charge is 0.493 e. The normalized spacial score (nSPS) is 20.4. The van der Waals surface area contributed by atoms with Crippen molar-refractivity contribution < 1.29 is 32.2 Å². The summed E-state index contributed by atoms with van der Waals surface area (Å²) in [5.74, 6) is 0.364. The lowest BCUT2D eigenvalue weighted by Gasteiger charge is -2.32. The van der Waals surface area contributed by atoms with Crippen LogP contribution in [0.25, 0.3) is 0 Å². The molecule has 0 radical (unpaired) electrons. The number of rotatable bonds is 3. The maximum absolute atomic E-state index is 12.6. The lowest BCUT2D eigenvalue weighted by atomic mass is 9.94. The number of fused-ring (bicyclic) bond motifs is 1. The van der Waals surface area contributed by atoms with Gasteiger partial charge in [-0.2, -0.15) is 13.2 Å². The predicted octanol–water partition coefficient (Wildman–Crippen LogP) is 3.04. The molecule has 0 unspecified atom stereocenters. The maximum Gasteiger partial charge on any atom is 0.422 e. The number of nitrogens with one attached hydrogen (secondary N) is 1. The molecule has 1 atom stereocenters. The highest BCUT2D eigenvalue weighted by atomic mass is 19.4. The molecule has 3 rings (SSSR count). The standard InChI is InChI=1S/C18H21F3N2O4/c19-18(20,21)11-27-17(25)23-8-5-12(6-9-23)16(24)22-14-7-10-26-15-4-2-1-3-13(14)15/h1-4,12,14H,5-11H2,(H,22,24)/t14-/m0/s1. The van der Waals surface area contributed by atoms with Crippen LogP contribution in [0.5, 0.6) is 5.75 Å². The number of hydrogen-bond acceptors (Lipinski definition) is 4. The second kappa shape index (κ2) is 8.06. The number of nitrogens with zero attached hydrogens (tertiary/aromatic N) is 1. The average Bonchev–Trinajstić information content (AvgIpc) is 2.66. The van der Waals surface area contributed by atoms with Gasteiger partial charge in [-0.1, -0.05) is 18.2 Å². The van der Waals surface area contributed by atoms with Crippen LogP contribution in [0.3, 0.4) is 0 Å². The molecule has 27 heavy (non-hydrogen) atoms. The summed E-state index contributed by atoms with van der Waals surface area (Å²) in [5, 5.41) is 3.03. The van der Waals surface area contributed by atoms with Gasteiger partial charge in [0.1, 0.15) is 5.75 Å². The van der Waals surface area contributed by atoms with Gasteiger partial charge in [-0.05, 0) is 18.9 Å². The highest BCUT2D eigenvalue weighted by Gasteiger charge is 2.33. The third-order valence-electron chi connectivity index (χ3n) is 4.76. The maximum atomic E-state index is 12.6. The molecular formula is C18H21F3N2O4. The molecule has 9 heteroatoms. The molecule has 1 saturated heterocycles. The minimum atomic E-state index is -4.55. The molecule has 0 aliphatic carbocycles. The summed E-state index contributed by atoms with van der Waals surface area (Å²) in [5.41, 5.74) is 0.935. The zero-order valence-corrected chi connectivity index (χ0v) is 14.6. The van der Waals surface area contributed by atoms with Crippen LogP contribution in [0.15, 0.2) is 24.3 Å². The smallest absolute Gasteiger partial charge is 0.422 e. The lowest BCUT2D eigenvalue weighted by molar-refractivity contribution is -0.162.